The molecule has 1 unspecified atom stereocenters. The van der Waals surface area contributed by atoms with Crippen LogP contribution in [0.5, 0.6) is 0 Å². The predicted octanol–water partition coefficient (Wildman–Crippen LogP) is 2.73. The van der Waals surface area contributed by atoms with E-state index in [1.54, 1.807) is 50.0 Å². The molecule has 0 fully saturated rings. The van der Waals surface area contributed by atoms with Crippen molar-refractivity contribution < 1.29 is 9.53 Å². The van der Waals surface area contributed by atoms with Crippen LogP contribution in [0.4, 0.5) is 0 Å². The molecule has 0 aliphatic carbocycles. The molecule has 0 aliphatic heterocycles. The minimum atomic E-state index is -0.305. The van der Waals surface area contributed by atoms with Crippen molar-refractivity contribution in [3.63, 3.8) is 0 Å². The highest BCUT2D eigenvalue weighted by Crippen LogP contribution is 2.21. The summed E-state index contributed by atoms with van der Waals surface area (Å²) in [5.74, 6) is -0.170. The summed E-state index contributed by atoms with van der Waals surface area (Å²) in [7, 11) is 3.35. The first kappa shape index (κ1) is 19.7. The first-order chi connectivity index (χ1) is 14.7. The second-order valence-electron chi connectivity index (χ2n) is 6.90. The summed E-state index contributed by atoms with van der Waals surface area (Å²) in [5, 5.41) is 0. The van der Waals surface area contributed by atoms with Crippen LogP contribution in [0.2, 0.25) is 0 Å². The van der Waals surface area contributed by atoms with Crippen LogP contribution in [0, 0.1) is 0 Å². The fraction of sp³-hybridized carbons (Fsp3) is 0.227. The minimum absolute atomic E-state index is 0.170. The Morgan fingerprint density at radius 3 is 2.60 bits per heavy atom. The molecule has 4 aromatic rings. The fourth-order valence-electron chi connectivity index (χ4n) is 3.32. The molecule has 4 heterocycles. The molecule has 4 rings (SSSR count). The van der Waals surface area contributed by atoms with E-state index in [9.17, 15) is 4.79 Å². The number of hydrogen-bond acceptors (Lipinski definition) is 6. The molecule has 4 aromatic heterocycles. The van der Waals surface area contributed by atoms with Crippen LogP contribution >= 0.6 is 0 Å². The second kappa shape index (κ2) is 8.79. The maximum Gasteiger partial charge on any atom is 0.255 e. The molecule has 0 aliphatic rings. The molecule has 1 atom stereocenters. The Hall–Kier alpha value is -3.65. The van der Waals surface area contributed by atoms with Gasteiger partial charge >= 0.3 is 0 Å². The van der Waals surface area contributed by atoms with E-state index in [2.05, 4.69) is 19.9 Å². The lowest BCUT2D eigenvalue weighted by atomic mass is 10.1. The van der Waals surface area contributed by atoms with E-state index in [1.165, 1.54) is 0 Å². The Labute approximate surface area is 174 Å². The Morgan fingerprint density at radius 1 is 1.10 bits per heavy atom. The first-order valence-corrected chi connectivity index (χ1v) is 9.55. The van der Waals surface area contributed by atoms with Gasteiger partial charge in [0.05, 0.1) is 42.5 Å². The van der Waals surface area contributed by atoms with Gasteiger partial charge in [-0.1, -0.05) is 12.1 Å². The van der Waals surface area contributed by atoms with E-state index < -0.39 is 0 Å². The Balaban J connectivity index is 1.58. The molecule has 0 spiro atoms. The lowest BCUT2D eigenvalue weighted by Crippen LogP contribution is -2.34. The van der Waals surface area contributed by atoms with Crippen molar-refractivity contribution in [3.8, 4) is 0 Å². The lowest BCUT2D eigenvalue weighted by Gasteiger charge is -2.27. The van der Waals surface area contributed by atoms with Crippen LogP contribution in [-0.4, -0.2) is 56.1 Å². The number of fused-ring (bicyclic) bond motifs is 1. The number of carbonyl (C=O) groups excluding carboxylic acids is 1. The van der Waals surface area contributed by atoms with Gasteiger partial charge < -0.3 is 14.2 Å². The topological polar surface area (TPSA) is 86.0 Å². The number of ether oxygens (including phenoxy) is 1. The van der Waals surface area contributed by atoms with E-state index in [-0.39, 0.29) is 11.9 Å². The van der Waals surface area contributed by atoms with Crippen LogP contribution in [0.1, 0.15) is 27.8 Å². The number of carbonyl (C=O) groups is 1. The molecule has 0 bridgehead atoms. The van der Waals surface area contributed by atoms with Crippen molar-refractivity contribution in [2.45, 2.75) is 12.6 Å². The minimum Gasteiger partial charge on any atom is -0.382 e. The van der Waals surface area contributed by atoms with E-state index in [1.807, 2.05) is 41.0 Å². The molecule has 1 amide bonds. The lowest BCUT2D eigenvalue weighted by molar-refractivity contribution is 0.0595. The number of hydrogen-bond donors (Lipinski definition) is 0. The SMILES string of the molecule is COCC(c1ccccn1)N(C)C(=O)c1cnc2c(c1)ncn2Cc1ccccn1. The monoisotopic (exact) mass is 402 g/mol. The van der Waals surface area contributed by atoms with Gasteiger partial charge in [-0.15, -0.1) is 0 Å². The summed E-state index contributed by atoms with van der Waals surface area (Å²) in [6, 6.07) is 12.9. The number of amides is 1. The van der Waals surface area contributed by atoms with Gasteiger partial charge in [0.2, 0.25) is 0 Å². The van der Waals surface area contributed by atoms with Crippen LogP contribution in [-0.2, 0) is 11.3 Å². The number of likely N-dealkylation sites (N-methyl/N-ethyl adjacent to an activating group) is 1. The number of nitrogens with zero attached hydrogens (tertiary/aromatic N) is 6. The van der Waals surface area contributed by atoms with Crippen LogP contribution in [0.3, 0.4) is 0 Å². The number of methoxy groups -OCH3 is 1. The average Bonchev–Trinajstić information content (AvgIpc) is 3.19. The number of pyridine rings is 3. The third kappa shape index (κ3) is 4.04. The smallest absolute Gasteiger partial charge is 0.255 e. The largest absolute Gasteiger partial charge is 0.382 e. The van der Waals surface area contributed by atoms with Gasteiger partial charge in [0.25, 0.3) is 5.91 Å². The molecule has 8 heteroatoms. The molecule has 152 valence electrons. The van der Waals surface area contributed by atoms with Crippen molar-refractivity contribution >= 4 is 17.1 Å². The average molecular weight is 402 g/mol. The maximum atomic E-state index is 13.1. The maximum absolute atomic E-state index is 13.1. The zero-order valence-corrected chi connectivity index (χ0v) is 16.8. The predicted molar refractivity (Wildman–Crippen MR) is 112 cm³/mol. The van der Waals surface area contributed by atoms with Crippen molar-refractivity contribution in [1.82, 2.24) is 29.4 Å². The van der Waals surface area contributed by atoms with Crippen LogP contribution < -0.4 is 0 Å². The molecule has 8 nitrogen and oxygen atoms in total. The van der Waals surface area contributed by atoms with Crippen LogP contribution in [0.25, 0.3) is 11.2 Å². The van der Waals surface area contributed by atoms with Gasteiger partial charge in [-0.25, -0.2) is 9.97 Å². The van der Waals surface area contributed by atoms with Gasteiger partial charge in [0.15, 0.2) is 5.65 Å². The van der Waals surface area contributed by atoms with Gasteiger partial charge in [-0.2, -0.15) is 0 Å². The number of rotatable bonds is 7. The summed E-state index contributed by atoms with van der Waals surface area (Å²) in [6.07, 6.45) is 6.76. The van der Waals surface area contributed by atoms with E-state index in [0.29, 0.717) is 29.9 Å². The van der Waals surface area contributed by atoms with Crippen LogP contribution in [0.15, 0.2) is 67.4 Å². The zero-order valence-electron chi connectivity index (χ0n) is 16.8. The van der Waals surface area contributed by atoms with Gasteiger partial charge in [-0.05, 0) is 30.3 Å². The Kier molecular flexibility index (Phi) is 5.76. The molecule has 30 heavy (non-hydrogen) atoms. The van der Waals surface area contributed by atoms with Crippen molar-refractivity contribution in [1.29, 1.82) is 0 Å². The number of imidazole rings is 1. The quantitative estimate of drug-likeness (QED) is 0.472. The molecular formula is C22H22N6O2. The van der Waals surface area contributed by atoms with Gasteiger partial charge in [-0.3, -0.25) is 14.8 Å². The Bertz CT molecular complexity index is 1130. The highest BCUT2D eigenvalue weighted by molar-refractivity contribution is 5.96. The molecule has 0 radical (unpaired) electrons. The third-order valence-electron chi connectivity index (χ3n) is 4.90. The normalized spacial score (nSPS) is 12.1. The first-order valence-electron chi connectivity index (χ1n) is 9.55. The fourth-order valence-corrected chi connectivity index (χ4v) is 3.32. The summed E-state index contributed by atoms with van der Waals surface area (Å²) in [4.78, 5) is 32.4. The highest BCUT2D eigenvalue weighted by Gasteiger charge is 2.24. The molecular weight excluding hydrogens is 380 g/mol. The molecule has 0 N–H and O–H groups in total. The van der Waals surface area contributed by atoms with Crippen molar-refractivity contribution in [2.24, 2.45) is 0 Å². The summed E-state index contributed by atoms with van der Waals surface area (Å²) >= 11 is 0. The summed E-state index contributed by atoms with van der Waals surface area (Å²) in [6.45, 7) is 0.904. The van der Waals surface area contributed by atoms with E-state index in [0.717, 1.165) is 11.4 Å². The Morgan fingerprint density at radius 2 is 1.90 bits per heavy atom. The molecule has 0 saturated heterocycles. The molecule has 0 aromatic carbocycles. The van der Waals surface area contributed by atoms with Crippen molar-refractivity contribution in [2.75, 3.05) is 20.8 Å². The van der Waals surface area contributed by atoms with Crippen molar-refractivity contribution in [3.05, 3.63) is 84.3 Å². The van der Waals surface area contributed by atoms with Gasteiger partial charge in [0.1, 0.15) is 5.52 Å². The summed E-state index contributed by atoms with van der Waals surface area (Å²) in [5.41, 5.74) is 3.51. The molecule has 0 saturated carbocycles. The number of aromatic nitrogens is 5. The highest BCUT2D eigenvalue weighted by atomic mass is 16.5. The van der Waals surface area contributed by atoms with E-state index >= 15 is 0 Å². The summed E-state index contributed by atoms with van der Waals surface area (Å²) < 4.78 is 7.24. The second-order valence-corrected chi connectivity index (χ2v) is 6.90. The van der Waals surface area contributed by atoms with Gasteiger partial charge in [0, 0.05) is 32.7 Å². The standard InChI is InChI=1S/C22H22N6O2/c1-27(20(14-30-2)18-8-4-6-10-24-18)22(29)16-11-19-21(25-12-16)28(15-26-19)13-17-7-3-5-9-23-17/h3-12,15,20H,13-14H2,1-2H3. The zero-order chi connectivity index (χ0) is 20.9. The van der Waals surface area contributed by atoms with E-state index in [4.69, 9.17) is 4.74 Å². The third-order valence-corrected chi connectivity index (χ3v) is 4.90.